The van der Waals surface area contributed by atoms with Crippen LogP contribution in [0.5, 0.6) is 0 Å². The van der Waals surface area contributed by atoms with Gasteiger partial charge in [-0.15, -0.1) is 0 Å². The zero-order valence-corrected chi connectivity index (χ0v) is 8.31. The Labute approximate surface area is 88.1 Å². The van der Waals surface area contributed by atoms with Gasteiger partial charge in [0.25, 0.3) is 0 Å². The van der Waals surface area contributed by atoms with E-state index in [4.69, 9.17) is 5.26 Å². The predicted octanol–water partition coefficient (Wildman–Crippen LogP) is 2.32. The summed E-state index contributed by atoms with van der Waals surface area (Å²) in [6, 6.07) is 11.3. The van der Waals surface area contributed by atoms with Crippen molar-refractivity contribution in [1.29, 1.82) is 5.26 Å². The minimum absolute atomic E-state index is 0.642. The standard InChI is InChI=1S/C12H9N3/c1-9-14-6-5-12(15-9)11-4-2-3-10(7-11)8-13/h2-7H,1H3. The highest BCUT2D eigenvalue weighted by Crippen LogP contribution is 2.17. The minimum atomic E-state index is 0.642. The van der Waals surface area contributed by atoms with Crippen LogP contribution in [0, 0.1) is 18.3 Å². The van der Waals surface area contributed by atoms with E-state index in [2.05, 4.69) is 16.0 Å². The monoisotopic (exact) mass is 195 g/mol. The van der Waals surface area contributed by atoms with Crippen molar-refractivity contribution in [1.82, 2.24) is 9.97 Å². The molecule has 1 aromatic carbocycles. The van der Waals surface area contributed by atoms with Gasteiger partial charge in [0.15, 0.2) is 0 Å². The van der Waals surface area contributed by atoms with E-state index in [1.54, 1.807) is 12.3 Å². The van der Waals surface area contributed by atoms with Crippen LogP contribution in [0.2, 0.25) is 0 Å². The molecule has 0 amide bonds. The average Bonchev–Trinajstić information content (AvgIpc) is 2.29. The molecule has 0 unspecified atom stereocenters. The fraction of sp³-hybridized carbons (Fsp3) is 0.0833. The van der Waals surface area contributed by atoms with Gasteiger partial charge in [-0.05, 0) is 25.1 Å². The molecule has 0 saturated carbocycles. The first kappa shape index (κ1) is 9.35. The quantitative estimate of drug-likeness (QED) is 0.701. The number of nitriles is 1. The first-order chi connectivity index (χ1) is 7.29. The summed E-state index contributed by atoms with van der Waals surface area (Å²) in [4.78, 5) is 8.33. The van der Waals surface area contributed by atoms with Crippen LogP contribution in [0.4, 0.5) is 0 Å². The Morgan fingerprint density at radius 2 is 2.13 bits per heavy atom. The summed E-state index contributed by atoms with van der Waals surface area (Å²) in [6.07, 6.45) is 1.72. The highest BCUT2D eigenvalue weighted by molar-refractivity contribution is 5.60. The van der Waals surface area contributed by atoms with Gasteiger partial charge in [-0.3, -0.25) is 0 Å². The van der Waals surface area contributed by atoms with Gasteiger partial charge in [-0.1, -0.05) is 12.1 Å². The lowest BCUT2D eigenvalue weighted by molar-refractivity contribution is 1.06. The van der Waals surface area contributed by atoms with Crippen molar-refractivity contribution in [2.75, 3.05) is 0 Å². The molecule has 2 rings (SSSR count). The number of hydrogen-bond donors (Lipinski definition) is 0. The SMILES string of the molecule is Cc1nccc(-c2cccc(C#N)c2)n1. The lowest BCUT2D eigenvalue weighted by Crippen LogP contribution is -1.89. The molecule has 0 spiro atoms. The minimum Gasteiger partial charge on any atom is -0.242 e. The molecule has 2 aromatic rings. The zero-order valence-electron chi connectivity index (χ0n) is 8.31. The molecule has 0 aliphatic heterocycles. The van der Waals surface area contributed by atoms with Crippen LogP contribution < -0.4 is 0 Å². The van der Waals surface area contributed by atoms with Gasteiger partial charge in [-0.25, -0.2) is 9.97 Å². The van der Waals surface area contributed by atoms with Gasteiger partial charge in [0.05, 0.1) is 17.3 Å². The summed E-state index contributed by atoms with van der Waals surface area (Å²) in [5.74, 6) is 0.731. The fourth-order valence-corrected chi connectivity index (χ4v) is 1.37. The van der Waals surface area contributed by atoms with E-state index in [1.807, 2.05) is 31.2 Å². The van der Waals surface area contributed by atoms with Crippen molar-refractivity contribution in [2.45, 2.75) is 6.92 Å². The Morgan fingerprint density at radius 1 is 1.27 bits per heavy atom. The summed E-state index contributed by atoms with van der Waals surface area (Å²) < 4.78 is 0. The van der Waals surface area contributed by atoms with Gasteiger partial charge in [0.1, 0.15) is 5.82 Å². The lowest BCUT2D eigenvalue weighted by atomic mass is 10.1. The number of benzene rings is 1. The molecule has 0 fully saturated rings. The van der Waals surface area contributed by atoms with Crippen LogP contribution >= 0.6 is 0 Å². The third-order valence-corrected chi connectivity index (χ3v) is 2.06. The van der Waals surface area contributed by atoms with E-state index in [9.17, 15) is 0 Å². The molecule has 0 N–H and O–H groups in total. The van der Waals surface area contributed by atoms with E-state index in [1.165, 1.54) is 0 Å². The van der Waals surface area contributed by atoms with Crippen molar-refractivity contribution in [2.24, 2.45) is 0 Å². The molecule has 3 nitrogen and oxygen atoms in total. The number of aryl methyl sites for hydroxylation is 1. The Balaban J connectivity index is 2.50. The number of aromatic nitrogens is 2. The maximum absolute atomic E-state index is 8.78. The molecule has 0 aliphatic carbocycles. The van der Waals surface area contributed by atoms with Crippen LogP contribution in [0.25, 0.3) is 11.3 Å². The second-order valence-corrected chi connectivity index (χ2v) is 3.18. The fourth-order valence-electron chi connectivity index (χ4n) is 1.37. The van der Waals surface area contributed by atoms with E-state index >= 15 is 0 Å². The molecule has 1 aromatic heterocycles. The normalized spacial score (nSPS) is 9.60. The van der Waals surface area contributed by atoms with Crippen LogP contribution in [0.3, 0.4) is 0 Å². The third-order valence-electron chi connectivity index (χ3n) is 2.06. The van der Waals surface area contributed by atoms with Crippen LogP contribution in [-0.4, -0.2) is 9.97 Å². The summed E-state index contributed by atoms with van der Waals surface area (Å²) in [5.41, 5.74) is 2.43. The van der Waals surface area contributed by atoms with Crippen LogP contribution in [0.15, 0.2) is 36.5 Å². The molecule has 1 heterocycles. The zero-order chi connectivity index (χ0) is 10.7. The van der Waals surface area contributed by atoms with Crippen molar-refractivity contribution in [3.05, 3.63) is 47.9 Å². The van der Waals surface area contributed by atoms with Gasteiger partial charge in [-0.2, -0.15) is 5.26 Å². The molecule has 72 valence electrons. The van der Waals surface area contributed by atoms with Gasteiger partial charge in [0.2, 0.25) is 0 Å². The molecule has 0 saturated heterocycles. The lowest BCUT2D eigenvalue weighted by Gasteiger charge is -2.01. The largest absolute Gasteiger partial charge is 0.242 e. The van der Waals surface area contributed by atoms with E-state index in [0.717, 1.165) is 17.1 Å². The van der Waals surface area contributed by atoms with Crippen molar-refractivity contribution < 1.29 is 0 Å². The molecule has 0 aliphatic rings. The van der Waals surface area contributed by atoms with Crippen LogP contribution in [0.1, 0.15) is 11.4 Å². The van der Waals surface area contributed by atoms with Crippen molar-refractivity contribution >= 4 is 0 Å². The van der Waals surface area contributed by atoms with Gasteiger partial charge in [0, 0.05) is 11.8 Å². The molecule has 0 radical (unpaired) electrons. The highest BCUT2D eigenvalue weighted by atomic mass is 14.9. The summed E-state index contributed by atoms with van der Waals surface area (Å²) in [7, 11) is 0. The van der Waals surface area contributed by atoms with Crippen molar-refractivity contribution in [3.8, 4) is 17.3 Å². The first-order valence-electron chi connectivity index (χ1n) is 4.60. The Bertz CT molecular complexity index is 526. The second-order valence-electron chi connectivity index (χ2n) is 3.18. The Hall–Kier alpha value is -2.21. The smallest absolute Gasteiger partial charge is 0.125 e. The van der Waals surface area contributed by atoms with Gasteiger partial charge < -0.3 is 0 Å². The van der Waals surface area contributed by atoms with Crippen molar-refractivity contribution in [3.63, 3.8) is 0 Å². The van der Waals surface area contributed by atoms with E-state index in [0.29, 0.717) is 5.56 Å². The molecular formula is C12H9N3. The summed E-state index contributed by atoms with van der Waals surface area (Å²) >= 11 is 0. The maximum Gasteiger partial charge on any atom is 0.125 e. The Kier molecular flexibility index (Phi) is 2.42. The highest BCUT2D eigenvalue weighted by Gasteiger charge is 2.00. The maximum atomic E-state index is 8.78. The molecular weight excluding hydrogens is 186 g/mol. The Morgan fingerprint density at radius 3 is 2.87 bits per heavy atom. The molecule has 15 heavy (non-hydrogen) atoms. The number of hydrogen-bond acceptors (Lipinski definition) is 3. The summed E-state index contributed by atoms with van der Waals surface area (Å²) in [5, 5.41) is 8.78. The van der Waals surface area contributed by atoms with E-state index < -0.39 is 0 Å². The first-order valence-corrected chi connectivity index (χ1v) is 4.60. The number of rotatable bonds is 1. The third kappa shape index (κ3) is 2.00. The molecule has 3 heteroatoms. The van der Waals surface area contributed by atoms with Crippen LogP contribution in [-0.2, 0) is 0 Å². The summed E-state index contributed by atoms with van der Waals surface area (Å²) in [6.45, 7) is 1.84. The molecule has 0 bridgehead atoms. The number of nitrogens with zero attached hydrogens (tertiary/aromatic N) is 3. The average molecular weight is 195 g/mol. The second kappa shape index (κ2) is 3.89. The van der Waals surface area contributed by atoms with E-state index in [-0.39, 0.29) is 0 Å². The topological polar surface area (TPSA) is 49.6 Å². The predicted molar refractivity (Wildman–Crippen MR) is 56.9 cm³/mol. The molecule has 0 atom stereocenters. The van der Waals surface area contributed by atoms with Gasteiger partial charge >= 0.3 is 0 Å².